The van der Waals surface area contributed by atoms with Crippen molar-refractivity contribution in [1.29, 1.82) is 0 Å². The number of ether oxygens (including phenoxy) is 1. The summed E-state index contributed by atoms with van der Waals surface area (Å²) in [6.07, 6.45) is -0.0451. The molecule has 1 saturated heterocycles. The van der Waals surface area contributed by atoms with E-state index >= 15 is 0 Å². The number of hydrogen-bond donors (Lipinski definition) is 4. The van der Waals surface area contributed by atoms with Crippen molar-refractivity contribution < 1.29 is 20.1 Å². The lowest BCUT2D eigenvalue weighted by Crippen LogP contribution is -2.33. The molecule has 0 saturated carbocycles. The highest BCUT2D eigenvalue weighted by molar-refractivity contribution is 5.72. The summed E-state index contributed by atoms with van der Waals surface area (Å²) in [5, 5.41) is 29.3. The van der Waals surface area contributed by atoms with Gasteiger partial charge in [-0.15, -0.1) is 0 Å². The Kier molecular flexibility index (Phi) is 3.81. The van der Waals surface area contributed by atoms with E-state index in [1.165, 1.54) is 10.9 Å². The van der Waals surface area contributed by atoms with E-state index < -0.39 is 36.7 Å². The van der Waals surface area contributed by atoms with Crippen molar-refractivity contribution in [1.82, 2.24) is 24.5 Å². The summed E-state index contributed by atoms with van der Waals surface area (Å²) in [4.78, 5) is 27.3. The molecule has 130 valence electrons. The van der Waals surface area contributed by atoms with Crippen LogP contribution >= 0.6 is 0 Å². The fourth-order valence-corrected chi connectivity index (χ4v) is 2.86. The summed E-state index contributed by atoms with van der Waals surface area (Å²) in [5.41, 5.74) is 0.424. The van der Waals surface area contributed by atoms with Gasteiger partial charge in [0.1, 0.15) is 24.1 Å². The van der Waals surface area contributed by atoms with Gasteiger partial charge in [-0.25, -0.2) is 9.97 Å². The summed E-state index contributed by atoms with van der Waals surface area (Å²) in [5.74, 6) is 0.291. The van der Waals surface area contributed by atoms with Gasteiger partial charge in [-0.2, -0.15) is 0 Å². The molecule has 0 spiro atoms. The molecule has 0 unspecified atom stereocenters. The van der Waals surface area contributed by atoms with E-state index in [0.717, 1.165) is 0 Å². The molecule has 4 rings (SSSR count). The Balaban J connectivity index is 1.84. The molecule has 10 heteroatoms. The highest BCUT2D eigenvalue weighted by Gasteiger charge is 2.44. The minimum absolute atomic E-state index is 0.0744. The van der Waals surface area contributed by atoms with E-state index in [9.17, 15) is 20.1 Å². The first kappa shape index (κ1) is 15.8. The Morgan fingerprint density at radius 3 is 2.84 bits per heavy atom. The lowest BCUT2D eigenvalue weighted by Gasteiger charge is -2.16. The topological polar surface area (TPSA) is 146 Å². The third-order valence-electron chi connectivity index (χ3n) is 4.16. The van der Waals surface area contributed by atoms with Crippen molar-refractivity contribution in [3.8, 4) is 11.4 Å². The Hall–Kier alpha value is -2.66. The van der Waals surface area contributed by atoms with E-state index in [-0.39, 0.29) is 11.2 Å². The van der Waals surface area contributed by atoms with Crippen LogP contribution in [0.3, 0.4) is 0 Å². The zero-order chi connectivity index (χ0) is 17.6. The van der Waals surface area contributed by atoms with Crippen LogP contribution in [0.25, 0.3) is 22.6 Å². The molecule has 1 aliphatic heterocycles. The molecule has 1 aliphatic rings. The van der Waals surface area contributed by atoms with Gasteiger partial charge in [-0.1, -0.05) is 0 Å². The first-order valence-corrected chi connectivity index (χ1v) is 7.60. The molecule has 4 N–H and O–H groups in total. The molecule has 10 nitrogen and oxygen atoms in total. The minimum Gasteiger partial charge on any atom is -0.394 e. The first-order valence-electron chi connectivity index (χ1n) is 7.60. The van der Waals surface area contributed by atoms with Gasteiger partial charge in [-0.05, 0) is 12.1 Å². The quantitative estimate of drug-likeness (QED) is 0.462. The van der Waals surface area contributed by atoms with Crippen LogP contribution in [-0.2, 0) is 4.74 Å². The summed E-state index contributed by atoms with van der Waals surface area (Å²) in [7, 11) is 0. The Morgan fingerprint density at radius 1 is 1.32 bits per heavy atom. The standard InChI is InChI=1S/C15H15N5O5/c21-5-8-10(22)11(23)15(25-8)20-6-17-9-13(20)18-12(19-14(9)24)7-2-1-3-16-4-7/h1-4,6,8,10-11,15,21-23H,5H2,(H,18,19,24)/t8-,10-,11-,15-/m1/s1. The van der Waals surface area contributed by atoms with Crippen molar-refractivity contribution in [2.45, 2.75) is 24.5 Å². The summed E-state index contributed by atoms with van der Waals surface area (Å²) in [6.45, 7) is -0.448. The van der Waals surface area contributed by atoms with Crippen molar-refractivity contribution in [3.63, 3.8) is 0 Å². The largest absolute Gasteiger partial charge is 0.394 e. The number of hydrogen-bond acceptors (Lipinski definition) is 8. The number of aromatic amines is 1. The Labute approximate surface area is 140 Å². The highest BCUT2D eigenvalue weighted by atomic mass is 16.6. The molecule has 4 heterocycles. The molecule has 25 heavy (non-hydrogen) atoms. The van der Waals surface area contributed by atoms with Gasteiger partial charge in [0, 0.05) is 18.0 Å². The Morgan fingerprint density at radius 2 is 2.16 bits per heavy atom. The molecular formula is C15H15N5O5. The van der Waals surface area contributed by atoms with E-state index in [1.807, 2.05) is 0 Å². The van der Waals surface area contributed by atoms with E-state index in [4.69, 9.17) is 4.74 Å². The molecule has 0 bridgehead atoms. The average Bonchev–Trinajstić information content (AvgIpc) is 3.18. The molecule has 0 radical (unpaired) electrons. The number of H-pyrrole nitrogens is 1. The van der Waals surface area contributed by atoms with Crippen LogP contribution in [0, 0.1) is 0 Å². The molecule has 4 atom stereocenters. The fourth-order valence-electron chi connectivity index (χ4n) is 2.86. The zero-order valence-electron chi connectivity index (χ0n) is 12.9. The van der Waals surface area contributed by atoms with Crippen LogP contribution in [-0.4, -0.2) is 64.7 Å². The van der Waals surface area contributed by atoms with Gasteiger partial charge in [0.15, 0.2) is 17.4 Å². The van der Waals surface area contributed by atoms with Crippen LogP contribution in [0.15, 0.2) is 35.6 Å². The number of aromatic nitrogens is 5. The van der Waals surface area contributed by atoms with E-state index in [0.29, 0.717) is 11.4 Å². The van der Waals surface area contributed by atoms with Gasteiger partial charge in [0.05, 0.1) is 12.9 Å². The number of fused-ring (bicyclic) bond motifs is 1. The van der Waals surface area contributed by atoms with Crippen molar-refractivity contribution >= 4 is 11.2 Å². The first-order chi connectivity index (χ1) is 12.1. The smallest absolute Gasteiger partial charge is 0.279 e. The van der Waals surface area contributed by atoms with Crippen LogP contribution in [0.5, 0.6) is 0 Å². The summed E-state index contributed by atoms with van der Waals surface area (Å²) >= 11 is 0. The number of nitrogens with one attached hydrogen (secondary N) is 1. The van der Waals surface area contributed by atoms with Crippen LogP contribution in [0.2, 0.25) is 0 Å². The van der Waals surface area contributed by atoms with Gasteiger partial charge in [0.2, 0.25) is 0 Å². The van der Waals surface area contributed by atoms with Gasteiger partial charge in [-0.3, -0.25) is 14.3 Å². The normalized spacial score (nSPS) is 26.4. The predicted octanol–water partition coefficient (Wildman–Crippen LogP) is -1.21. The predicted molar refractivity (Wildman–Crippen MR) is 84.4 cm³/mol. The number of aliphatic hydroxyl groups is 3. The molecule has 3 aromatic heterocycles. The lowest BCUT2D eigenvalue weighted by molar-refractivity contribution is -0.0511. The summed E-state index contributed by atoms with van der Waals surface area (Å²) < 4.78 is 6.85. The molecule has 1 fully saturated rings. The van der Waals surface area contributed by atoms with Gasteiger partial charge >= 0.3 is 0 Å². The van der Waals surface area contributed by atoms with Crippen LogP contribution < -0.4 is 5.56 Å². The van der Waals surface area contributed by atoms with E-state index in [1.54, 1.807) is 24.5 Å². The number of imidazole rings is 1. The molecule has 0 aromatic carbocycles. The third-order valence-corrected chi connectivity index (χ3v) is 4.16. The van der Waals surface area contributed by atoms with Crippen molar-refractivity contribution in [3.05, 3.63) is 41.2 Å². The van der Waals surface area contributed by atoms with Gasteiger partial charge in [0.25, 0.3) is 5.56 Å². The average molecular weight is 345 g/mol. The Bertz CT molecular complexity index is 956. The van der Waals surface area contributed by atoms with Crippen LogP contribution in [0.4, 0.5) is 0 Å². The highest BCUT2D eigenvalue weighted by Crippen LogP contribution is 2.31. The molecule has 0 aliphatic carbocycles. The second-order valence-electron chi connectivity index (χ2n) is 5.71. The minimum atomic E-state index is -1.29. The molecule has 0 amide bonds. The van der Waals surface area contributed by atoms with Gasteiger partial charge < -0.3 is 25.0 Å². The maximum Gasteiger partial charge on any atom is 0.279 e. The fraction of sp³-hybridized carbons (Fsp3) is 0.333. The lowest BCUT2D eigenvalue weighted by atomic mass is 10.1. The maximum atomic E-state index is 12.3. The third kappa shape index (κ3) is 2.51. The number of aliphatic hydroxyl groups excluding tert-OH is 3. The van der Waals surface area contributed by atoms with Crippen LogP contribution in [0.1, 0.15) is 6.23 Å². The number of pyridine rings is 1. The molecular weight excluding hydrogens is 330 g/mol. The summed E-state index contributed by atoms with van der Waals surface area (Å²) in [6, 6.07) is 3.45. The zero-order valence-corrected chi connectivity index (χ0v) is 12.9. The second kappa shape index (κ2) is 6.01. The second-order valence-corrected chi connectivity index (χ2v) is 5.71. The monoisotopic (exact) mass is 345 g/mol. The van der Waals surface area contributed by atoms with Crippen molar-refractivity contribution in [2.24, 2.45) is 0 Å². The van der Waals surface area contributed by atoms with E-state index in [2.05, 4.69) is 19.9 Å². The SMILES string of the molecule is O=c1[nH]c(-c2cccnc2)nc2c1ncn2[C@@H]1O[C@H](CO)[C@@H](O)[C@H]1O. The molecule has 3 aromatic rings. The number of nitrogens with zero attached hydrogens (tertiary/aromatic N) is 4. The van der Waals surface area contributed by atoms with Crippen molar-refractivity contribution in [2.75, 3.05) is 6.61 Å². The number of rotatable bonds is 3. The maximum absolute atomic E-state index is 12.3.